The molecule has 1 aromatic carbocycles. The van der Waals surface area contributed by atoms with Crippen molar-refractivity contribution in [1.29, 1.82) is 0 Å². The summed E-state index contributed by atoms with van der Waals surface area (Å²) in [6, 6.07) is 11.0. The van der Waals surface area contributed by atoms with E-state index < -0.39 is 0 Å². The minimum absolute atomic E-state index is 0.386. The number of carbonyl (C=O) groups excluding carboxylic acids is 1. The zero-order valence-electron chi connectivity index (χ0n) is 18.1. The van der Waals surface area contributed by atoms with Gasteiger partial charge in [0.15, 0.2) is 5.82 Å². The van der Waals surface area contributed by atoms with Gasteiger partial charge in [0.25, 0.3) is 0 Å². The minimum Gasteiger partial charge on any atom is -0.337 e. The Kier molecular flexibility index (Phi) is 7.49. The van der Waals surface area contributed by atoms with Crippen LogP contribution >= 0.6 is 0 Å². The maximum atomic E-state index is 13.3. The third kappa shape index (κ3) is 5.27. The van der Waals surface area contributed by atoms with E-state index in [9.17, 15) is 4.79 Å². The first-order chi connectivity index (χ1) is 14.8. The molecule has 2 saturated carbocycles. The Morgan fingerprint density at radius 2 is 1.53 bits per heavy atom. The number of tetrazole rings is 1. The number of para-hydroxylation sites is 1. The largest absolute Gasteiger partial charge is 0.337 e. The van der Waals surface area contributed by atoms with Gasteiger partial charge in [0.05, 0.1) is 5.69 Å². The van der Waals surface area contributed by atoms with Crippen LogP contribution in [0.25, 0.3) is 5.69 Å². The first-order valence-electron chi connectivity index (χ1n) is 12.0. The van der Waals surface area contributed by atoms with Gasteiger partial charge in [0, 0.05) is 24.9 Å². The quantitative estimate of drug-likeness (QED) is 0.584. The number of aryl methyl sites for hydroxylation is 1. The summed E-state index contributed by atoms with van der Waals surface area (Å²) in [6.07, 6.45) is 15.9. The van der Waals surface area contributed by atoms with E-state index >= 15 is 0 Å². The van der Waals surface area contributed by atoms with Crippen molar-refractivity contribution in [2.75, 3.05) is 0 Å². The molecular formula is C24H35N5O. The number of benzene rings is 1. The maximum Gasteiger partial charge on any atom is 0.223 e. The van der Waals surface area contributed by atoms with Crippen molar-refractivity contribution in [1.82, 2.24) is 25.1 Å². The number of nitrogens with zero attached hydrogens (tertiary/aromatic N) is 5. The highest BCUT2D eigenvalue weighted by Crippen LogP contribution is 2.31. The highest BCUT2D eigenvalue weighted by Gasteiger charge is 2.31. The first kappa shape index (κ1) is 21.0. The smallest absolute Gasteiger partial charge is 0.223 e. The van der Waals surface area contributed by atoms with Gasteiger partial charge in [-0.15, -0.1) is 5.10 Å². The minimum atomic E-state index is 0.386. The summed E-state index contributed by atoms with van der Waals surface area (Å²) in [4.78, 5) is 15.6. The number of carbonyl (C=O) groups is 1. The Morgan fingerprint density at radius 1 is 0.900 bits per heavy atom. The second-order valence-electron chi connectivity index (χ2n) is 8.93. The Balaban J connectivity index is 1.31. The molecule has 162 valence electrons. The fraction of sp³-hybridized carbons (Fsp3) is 0.667. The fourth-order valence-electron chi connectivity index (χ4n) is 5.24. The Morgan fingerprint density at radius 3 is 2.17 bits per heavy atom. The van der Waals surface area contributed by atoms with Crippen LogP contribution in [0.5, 0.6) is 0 Å². The van der Waals surface area contributed by atoms with Crippen LogP contribution in [0.4, 0.5) is 0 Å². The third-order valence-corrected chi connectivity index (χ3v) is 6.80. The third-order valence-electron chi connectivity index (χ3n) is 6.80. The topological polar surface area (TPSA) is 63.9 Å². The van der Waals surface area contributed by atoms with Gasteiger partial charge in [-0.3, -0.25) is 4.79 Å². The predicted molar refractivity (Wildman–Crippen MR) is 117 cm³/mol. The monoisotopic (exact) mass is 409 g/mol. The zero-order chi connectivity index (χ0) is 20.6. The first-order valence-corrected chi connectivity index (χ1v) is 12.0. The molecule has 1 heterocycles. The summed E-state index contributed by atoms with van der Waals surface area (Å²) >= 11 is 0. The molecule has 0 aliphatic heterocycles. The van der Waals surface area contributed by atoms with Crippen LogP contribution in [0.2, 0.25) is 0 Å². The number of aromatic nitrogens is 4. The van der Waals surface area contributed by atoms with Crippen LogP contribution in [0.3, 0.4) is 0 Å². The van der Waals surface area contributed by atoms with Crippen molar-refractivity contribution in [3.8, 4) is 5.69 Å². The SMILES string of the molecule is O=C(CCCCc1nnnn1-c1ccccc1)N(C1CCCCC1)C1CCCCC1. The Labute approximate surface area is 180 Å². The summed E-state index contributed by atoms with van der Waals surface area (Å²) in [5, 5.41) is 12.2. The van der Waals surface area contributed by atoms with Gasteiger partial charge in [-0.05, 0) is 61.1 Å². The Bertz CT molecular complexity index is 760. The highest BCUT2D eigenvalue weighted by molar-refractivity contribution is 5.77. The van der Waals surface area contributed by atoms with Gasteiger partial charge in [-0.2, -0.15) is 4.68 Å². The van der Waals surface area contributed by atoms with Crippen LogP contribution in [0.15, 0.2) is 30.3 Å². The van der Waals surface area contributed by atoms with Crippen molar-refractivity contribution < 1.29 is 4.79 Å². The van der Waals surface area contributed by atoms with E-state index in [2.05, 4.69) is 20.4 Å². The molecular weight excluding hydrogens is 374 g/mol. The molecule has 0 N–H and O–H groups in total. The van der Waals surface area contributed by atoms with Crippen molar-refractivity contribution in [3.63, 3.8) is 0 Å². The second kappa shape index (κ2) is 10.7. The van der Waals surface area contributed by atoms with Gasteiger partial charge in [0.1, 0.15) is 0 Å². The van der Waals surface area contributed by atoms with E-state index in [1.807, 2.05) is 30.3 Å². The number of amides is 1. The molecule has 2 aliphatic carbocycles. The Hall–Kier alpha value is -2.24. The molecule has 0 radical (unpaired) electrons. The molecule has 0 spiro atoms. The van der Waals surface area contributed by atoms with E-state index in [0.717, 1.165) is 30.8 Å². The second-order valence-corrected chi connectivity index (χ2v) is 8.93. The zero-order valence-corrected chi connectivity index (χ0v) is 18.1. The van der Waals surface area contributed by atoms with Crippen LogP contribution in [-0.2, 0) is 11.2 Å². The van der Waals surface area contributed by atoms with Crippen molar-refractivity contribution >= 4 is 5.91 Å². The summed E-state index contributed by atoms with van der Waals surface area (Å²) in [6.45, 7) is 0. The number of hydrogen-bond donors (Lipinski definition) is 0. The lowest BCUT2D eigenvalue weighted by atomic mass is 9.88. The number of unbranched alkanes of at least 4 members (excludes halogenated alkanes) is 1. The van der Waals surface area contributed by atoms with E-state index in [-0.39, 0.29) is 0 Å². The molecule has 1 aromatic heterocycles. The lowest BCUT2D eigenvalue weighted by Crippen LogP contribution is -2.48. The van der Waals surface area contributed by atoms with Crippen molar-refractivity contribution in [2.24, 2.45) is 0 Å². The van der Waals surface area contributed by atoms with E-state index in [1.165, 1.54) is 64.2 Å². The van der Waals surface area contributed by atoms with Gasteiger partial charge >= 0.3 is 0 Å². The number of hydrogen-bond acceptors (Lipinski definition) is 4. The molecule has 1 amide bonds. The molecule has 0 bridgehead atoms. The van der Waals surface area contributed by atoms with E-state index in [1.54, 1.807) is 4.68 Å². The molecule has 6 nitrogen and oxygen atoms in total. The molecule has 2 aromatic rings. The van der Waals surface area contributed by atoms with Gasteiger partial charge in [-0.25, -0.2) is 0 Å². The van der Waals surface area contributed by atoms with E-state index in [4.69, 9.17) is 0 Å². The molecule has 0 unspecified atom stereocenters. The van der Waals surface area contributed by atoms with Crippen molar-refractivity contribution in [3.05, 3.63) is 36.2 Å². The van der Waals surface area contributed by atoms with E-state index in [0.29, 0.717) is 24.4 Å². The maximum absolute atomic E-state index is 13.3. The van der Waals surface area contributed by atoms with Crippen LogP contribution in [0.1, 0.15) is 89.3 Å². The van der Waals surface area contributed by atoms with Gasteiger partial charge < -0.3 is 4.90 Å². The molecule has 6 heteroatoms. The molecule has 2 aliphatic rings. The number of rotatable bonds is 8. The highest BCUT2D eigenvalue weighted by atomic mass is 16.2. The molecule has 0 atom stereocenters. The van der Waals surface area contributed by atoms with Crippen molar-refractivity contribution in [2.45, 2.75) is 102 Å². The normalized spacial score (nSPS) is 18.4. The summed E-state index contributed by atoms with van der Waals surface area (Å²) in [5.74, 6) is 1.25. The summed E-state index contributed by atoms with van der Waals surface area (Å²) in [5.41, 5.74) is 0.981. The lowest BCUT2D eigenvalue weighted by molar-refractivity contribution is -0.138. The van der Waals surface area contributed by atoms with Crippen LogP contribution < -0.4 is 0 Å². The average molecular weight is 410 g/mol. The summed E-state index contributed by atoms with van der Waals surface area (Å²) < 4.78 is 1.80. The van der Waals surface area contributed by atoms with Crippen LogP contribution in [-0.4, -0.2) is 43.1 Å². The fourth-order valence-corrected chi connectivity index (χ4v) is 5.24. The molecule has 0 saturated heterocycles. The molecule has 4 rings (SSSR count). The standard InChI is InChI=1S/C24H35N5O/c30-24(28(20-12-4-1-5-13-20)21-14-6-2-7-15-21)19-11-10-18-23-25-26-27-29(23)22-16-8-3-9-17-22/h3,8-9,16-17,20-21H,1-2,4-7,10-15,18-19H2. The van der Waals surface area contributed by atoms with Gasteiger partial charge in [0.2, 0.25) is 5.91 Å². The molecule has 30 heavy (non-hydrogen) atoms. The average Bonchev–Trinajstić information content (AvgIpc) is 3.28. The predicted octanol–water partition coefficient (Wildman–Crippen LogP) is 4.87. The molecule has 2 fully saturated rings. The lowest BCUT2D eigenvalue weighted by Gasteiger charge is -2.42. The van der Waals surface area contributed by atoms with Crippen LogP contribution in [0, 0.1) is 0 Å². The summed E-state index contributed by atoms with van der Waals surface area (Å²) in [7, 11) is 0. The van der Waals surface area contributed by atoms with Gasteiger partial charge in [-0.1, -0.05) is 56.7 Å².